The van der Waals surface area contributed by atoms with Crippen molar-refractivity contribution < 1.29 is 4.74 Å². The lowest BCUT2D eigenvalue weighted by Crippen LogP contribution is -1.99. The standard InChI is InChI=1S/C12H8BrN3O/c13-11-5-6-15-12(16-11)17-8-10-3-1-9(7-14)2-4-10/h1-6H,8H2. The normalized spacial score (nSPS) is 9.65. The van der Waals surface area contributed by atoms with Gasteiger partial charge in [0, 0.05) is 6.20 Å². The van der Waals surface area contributed by atoms with Gasteiger partial charge < -0.3 is 4.74 Å². The van der Waals surface area contributed by atoms with Crippen molar-refractivity contribution in [3.8, 4) is 12.1 Å². The molecule has 0 N–H and O–H groups in total. The van der Waals surface area contributed by atoms with E-state index in [-0.39, 0.29) is 0 Å². The molecule has 0 aliphatic rings. The Labute approximate surface area is 107 Å². The Kier molecular flexibility index (Phi) is 3.68. The highest BCUT2D eigenvalue weighted by Crippen LogP contribution is 2.11. The molecular formula is C12H8BrN3O. The van der Waals surface area contributed by atoms with E-state index in [4.69, 9.17) is 10.00 Å². The van der Waals surface area contributed by atoms with Gasteiger partial charge in [0.05, 0.1) is 11.6 Å². The maximum atomic E-state index is 8.66. The van der Waals surface area contributed by atoms with Crippen molar-refractivity contribution in [1.29, 1.82) is 5.26 Å². The van der Waals surface area contributed by atoms with E-state index < -0.39 is 0 Å². The first-order valence-corrected chi connectivity index (χ1v) is 5.67. The Morgan fingerprint density at radius 1 is 1.24 bits per heavy atom. The number of hydrogen-bond donors (Lipinski definition) is 0. The Balaban J connectivity index is 2.00. The number of nitrogens with zero attached hydrogens (tertiary/aromatic N) is 3. The van der Waals surface area contributed by atoms with E-state index in [0.29, 0.717) is 22.8 Å². The predicted molar refractivity (Wildman–Crippen MR) is 65.2 cm³/mol. The number of rotatable bonds is 3. The summed E-state index contributed by atoms with van der Waals surface area (Å²) in [4.78, 5) is 8.03. The summed E-state index contributed by atoms with van der Waals surface area (Å²) >= 11 is 3.24. The molecule has 4 nitrogen and oxygen atoms in total. The number of ether oxygens (including phenoxy) is 1. The van der Waals surface area contributed by atoms with Crippen LogP contribution in [0.5, 0.6) is 6.01 Å². The summed E-state index contributed by atoms with van der Waals surface area (Å²) < 4.78 is 6.09. The van der Waals surface area contributed by atoms with Crippen LogP contribution in [0.4, 0.5) is 0 Å². The molecule has 1 aromatic carbocycles. The SMILES string of the molecule is N#Cc1ccc(COc2nccc(Br)n2)cc1. The molecule has 0 aliphatic carbocycles. The average molecular weight is 290 g/mol. The van der Waals surface area contributed by atoms with E-state index in [2.05, 4.69) is 32.0 Å². The van der Waals surface area contributed by atoms with Crippen LogP contribution in [0.15, 0.2) is 41.1 Å². The number of benzene rings is 1. The fourth-order valence-corrected chi connectivity index (χ4v) is 1.48. The Morgan fingerprint density at radius 3 is 2.65 bits per heavy atom. The fourth-order valence-electron chi connectivity index (χ4n) is 1.21. The smallest absolute Gasteiger partial charge is 0.317 e. The quantitative estimate of drug-likeness (QED) is 0.815. The summed E-state index contributed by atoms with van der Waals surface area (Å²) in [5, 5.41) is 8.66. The molecule has 1 aromatic heterocycles. The van der Waals surface area contributed by atoms with Gasteiger partial charge in [0.25, 0.3) is 0 Å². The second-order valence-electron chi connectivity index (χ2n) is 3.26. The Bertz CT molecular complexity index is 548. The van der Waals surface area contributed by atoms with Crippen LogP contribution in [0, 0.1) is 11.3 Å². The zero-order valence-electron chi connectivity index (χ0n) is 8.80. The van der Waals surface area contributed by atoms with Gasteiger partial charge in [-0.1, -0.05) is 12.1 Å². The third kappa shape index (κ3) is 3.26. The second-order valence-corrected chi connectivity index (χ2v) is 4.07. The maximum absolute atomic E-state index is 8.66. The molecule has 17 heavy (non-hydrogen) atoms. The lowest BCUT2D eigenvalue weighted by molar-refractivity contribution is 0.280. The topological polar surface area (TPSA) is 58.8 Å². The minimum absolute atomic E-state index is 0.323. The van der Waals surface area contributed by atoms with Crippen molar-refractivity contribution in [3.05, 3.63) is 52.3 Å². The molecule has 0 unspecified atom stereocenters. The summed E-state index contributed by atoms with van der Waals surface area (Å²) in [6.07, 6.45) is 1.62. The molecule has 0 aliphatic heterocycles. The Morgan fingerprint density at radius 2 is 2.00 bits per heavy atom. The summed E-state index contributed by atoms with van der Waals surface area (Å²) in [6, 6.07) is 11.3. The maximum Gasteiger partial charge on any atom is 0.317 e. The molecule has 84 valence electrons. The summed E-state index contributed by atoms with van der Waals surface area (Å²) in [5.74, 6) is 0. The van der Waals surface area contributed by atoms with Crippen LogP contribution in [-0.4, -0.2) is 9.97 Å². The highest BCUT2D eigenvalue weighted by molar-refractivity contribution is 9.10. The van der Waals surface area contributed by atoms with Crippen molar-refractivity contribution in [2.75, 3.05) is 0 Å². The van der Waals surface area contributed by atoms with Crippen molar-refractivity contribution in [3.63, 3.8) is 0 Å². The van der Waals surface area contributed by atoms with E-state index in [1.807, 2.05) is 12.1 Å². The van der Waals surface area contributed by atoms with E-state index >= 15 is 0 Å². The lowest BCUT2D eigenvalue weighted by atomic mass is 10.2. The largest absolute Gasteiger partial charge is 0.459 e. The van der Waals surface area contributed by atoms with Crippen molar-refractivity contribution in [1.82, 2.24) is 9.97 Å². The first-order chi connectivity index (χ1) is 8.28. The van der Waals surface area contributed by atoms with Gasteiger partial charge in [-0.15, -0.1) is 0 Å². The highest BCUT2D eigenvalue weighted by Gasteiger charge is 1.99. The van der Waals surface area contributed by atoms with Crippen LogP contribution >= 0.6 is 15.9 Å². The van der Waals surface area contributed by atoms with Crippen LogP contribution in [0.3, 0.4) is 0 Å². The van der Waals surface area contributed by atoms with Gasteiger partial charge in [-0.2, -0.15) is 10.2 Å². The molecule has 0 radical (unpaired) electrons. The third-order valence-corrected chi connectivity index (χ3v) is 2.49. The molecule has 0 atom stereocenters. The van der Waals surface area contributed by atoms with Gasteiger partial charge in [-0.25, -0.2) is 4.98 Å². The van der Waals surface area contributed by atoms with Crippen molar-refractivity contribution in [2.45, 2.75) is 6.61 Å². The molecule has 2 aromatic rings. The van der Waals surface area contributed by atoms with Gasteiger partial charge in [0.1, 0.15) is 11.2 Å². The monoisotopic (exact) mass is 289 g/mol. The van der Waals surface area contributed by atoms with Crippen LogP contribution in [0.1, 0.15) is 11.1 Å². The van der Waals surface area contributed by atoms with Gasteiger partial charge in [0.15, 0.2) is 0 Å². The zero-order chi connectivity index (χ0) is 12.1. The van der Waals surface area contributed by atoms with Gasteiger partial charge in [0.2, 0.25) is 0 Å². The average Bonchev–Trinajstić information content (AvgIpc) is 2.37. The third-order valence-electron chi connectivity index (χ3n) is 2.05. The van der Waals surface area contributed by atoms with E-state index in [9.17, 15) is 0 Å². The van der Waals surface area contributed by atoms with Gasteiger partial charge in [-0.3, -0.25) is 0 Å². The van der Waals surface area contributed by atoms with Crippen LogP contribution < -0.4 is 4.74 Å². The summed E-state index contributed by atoms with van der Waals surface area (Å²) in [7, 11) is 0. The van der Waals surface area contributed by atoms with Crippen LogP contribution in [-0.2, 0) is 6.61 Å². The molecule has 5 heteroatoms. The zero-order valence-corrected chi connectivity index (χ0v) is 10.4. The van der Waals surface area contributed by atoms with Gasteiger partial charge >= 0.3 is 6.01 Å². The first kappa shape index (κ1) is 11.6. The van der Waals surface area contributed by atoms with Crippen LogP contribution in [0.2, 0.25) is 0 Å². The number of aromatic nitrogens is 2. The molecule has 0 fully saturated rings. The first-order valence-electron chi connectivity index (χ1n) is 4.88. The van der Waals surface area contributed by atoms with Crippen molar-refractivity contribution >= 4 is 15.9 Å². The molecule has 1 heterocycles. The molecule has 0 saturated carbocycles. The summed E-state index contributed by atoms with van der Waals surface area (Å²) in [6.45, 7) is 0.377. The van der Waals surface area contributed by atoms with E-state index in [0.717, 1.165) is 5.56 Å². The predicted octanol–water partition coefficient (Wildman–Crippen LogP) is 2.69. The highest BCUT2D eigenvalue weighted by atomic mass is 79.9. The molecule has 2 rings (SSSR count). The minimum atomic E-state index is 0.323. The lowest BCUT2D eigenvalue weighted by Gasteiger charge is -2.04. The molecule has 0 bridgehead atoms. The van der Waals surface area contributed by atoms with E-state index in [1.165, 1.54) is 0 Å². The van der Waals surface area contributed by atoms with Crippen molar-refractivity contribution in [2.24, 2.45) is 0 Å². The minimum Gasteiger partial charge on any atom is -0.459 e. The number of halogens is 1. The fraction of sp³-hybridized carbons (Fsp3) is 0.0833. The number of nitriles is 1. The molecule has 0 spiro atoms. The van der Waals surface area contributed by atoms with E-state index in [1.54, 1.807) is 24.4 Å². The molecule has 0 saturated heterocycles. The number of hydrogen-bond acceptors (Lipinski definition) is 4. The molecular weight excluding hydrogens is 282 g/mol. The molecule has 0 amide bonds. The van der Waals surface area contributed by atoms with Gasteiger partial charge in [-0.05, 0) is 39.7 Å². The van der Waals surface area contributed by atoms with Crippen LogP contribution in [0.25, 0.3) is 0 Å². The second kappa shape index (κ2) is 5.41. The Hall–Kier alpha value is -1.93. The summed E-state index contributed by atoms with van der Waals surface area (Å²) in [5.41, 5.74) is 1.60.